The molecule has 0 bridgehead atoms. The van der Waals surface area contributed by atoms with Crippen LogP contribution in [-0.4, -0.2) is 49.6 Å². The Morgan fingerprint density at radius 1 is 1.61 bits per heavy atom. The minimum Gasteiger partial charge on any atom is -0.377 e. The summed E-state index contributed by atoms with van der Waals surface area (Å²) in [5.41, 5.74) is 0.600. The molecule has 1 aliphatic heterocycles. The Labute approximate surface area is 117 Å². The number of morpholine rings is 1. The van der Waals surface area contributed by atoms with Crippen LogP contribution in [0.5, 0.6) is 0 Å². The average Bonchev–Trinajstić information content (AvgIpc) is 2.83. The highest BCUT2D eigenvalue weighted by molar-refractivity contribution is 9.11. The molecule has 1 saturated heterocycles. The van der Waals surface area contributed by atoms with Crippen molar-refractivity contribution in [2.24, 2.45) is 0 Å². The summed E-state index contributed by atoms with van der Waals surface area (Å²) < 4.78 is 6.16. The van der Waals surface area contributed by atoms with Crippen LogP contribution in [0.15, 0.2) is 15.2 Å². The molecule has 1 atom stereocenters. The van der Waals surface area contributed by atoms with Gasteiger partial charge in [0, 0.05) is 19.0 Å². The maximum atomic E-state index is 12.3. The number of halogens is 1. The molecule has 1 N–H and O–H groups in total. The molecule has 1 aromatic heterocycles. The third-order valence-electron chi connectivity index (χ3n) is 2.75. The topological polar surface area (TPSA) is 58.6 Å². The largest absolute Gasteiger partial charge is 0.377 e. The van der Waals surface area contributed by atoms with E-state index >= 15 is 0 Å². The van der Waals surface area contributed by atoms with E-state index in [4.69, 9.17) is 4.74 Å². The number of nitrogens with one attached hydrogen (secondary N) is 1. The van der Waals surface area contributed by atoms with Crippen molar-refractivity contribution in [3.05, 3.63) is 20.8 Å². The van der Waals surface area contributed by atoms with E-state index in [2.05, 4.69) is 21.2 Å². The van der Waals surface area contributed by atoms with Crippen molar-refractivity contribution in [1.29, 1.82) is 0 Å². The zero-order valence-electron chi connectivity index (χ0n) is 9.81. The second kappa shape index (κ2) is 5.81. The van der Waals surface area contributed by atoms with Crippen molar-refractivity contribution in [2.75, 3.05) is 26.8 Å². The van der Waals surface area contributed by atoms with Crippen LogP contribution in [0.4, 0.5) is 0 Å². The average molecular weight is 333 g/mol. The van der Waals surface area contributed by atoms with Crippen molar-refractivity contribution < 1.29 is 14.3 Å². The second-order valence-corrected chi connectivity index (χ2v) is 6.13. The fourth-order valence-electron chi connectivity index (χ4n) is 1.82. The van der Waals surface area contributed by atoms with E-state index in [0.717, 1.165) is 3.79 Å². The number of likely N-dealkylation sites (N-methyl/N-ethyl adjacent to an activating group) is 1. The third kappa shape index (κ3) is 2.73. The molecule has 0 aliphatic carbocycles. The van der Waals surface area contributed by atoms with Crippen molar-refractivity contribution >= 4 is 39.1 Å². The molecule has 0 spiro atoms. The van der Waals surface area contributed by atoms with Gasteiger partial charge in [0.25, 0.3) is 5.91 Å². The van der Waals surface area contributed by atoms with E-state index in [9.17, 15) is 9.59 Å². The van der Waals surface area contributed by atoms with E-state index in [1.165, 1.54) is 11.3 Å². The first kappa shape index (κ1) is 13.5. The summed E-state index contributed by atoms with van der Waals surface area (Å²) in [7, 11) is 1.56. The first-order valence-electron chi connectivity index (χ1n) is 5.48. The number of carbonyl (C=O) groups is 2. The number of amides is 2. The molecular formula is C11H13BrN2O3S. The molecule has 1 aliphatic rings. The normalized spacial score (nSPS) is 19.7. The van der Waals surface area contributed by atoms with Gasteiger partial charge in [0.2, 0.25) is 5.91 Å². The molecular weight excluding hydrogens is 320 g/mol. The third-order valence-corrected chi connectivity index (χ3v) is 4.26. The number of ether oxygens (including phenoxy) is 1. The van der Waals surface area contributed by atoms with Crippen LogP contribution in [0.25, 0.3) is 0 Å². The first-order valence-corrected chi connectivity index (χ1v) is 7.15. The predicted octanol–water partition coefficient (Wildman–Crippen LogP) is 1.10. The molecule has 7 heteroatoms. The van der Waals surface area contributed by atoms with Gasteiger partial charge in [0.15, 0.2) is 0 Å². The molecule has 2 amide bonds. The number of hydrogen-bond acceptors (Lipinski definition) is 4. The highest BCUT2D eigenvalue weighted by Crippen LogP contribution is 2.23. The van der Waals surface area contributed by atoms with Gasteiger partial charge < -0.3 is 15.0 Å². The van der Waals surface area contributed by atoms with Crippen LogP contribution in [-0.2, 0) is 9.53 Å². The fourth-order valence-corrected chi connectivity index (χ4v) is 2.95. The molecule has 0 radical (unpaired) electrons. The van der Waals surface area contributed by atoms with Crippen LogP contribution in [0.1, 0.15) is 10.4 Å². The van der Waals surface area contributed by atoms with Gasteiger partial charge in [0.1, 0.15) is 6.04 Å². The van der Waals surface area contributed by atoms with Crippen molar-refractivity contribution in [1.82, 2.24) is 10.2 Å². The van der Waals surface area contributed by atoms with Gasteiger partial charge in [0.05, 0.1) is 22.6 Å². The highest BCUT2D eigenvalue weighted by Gasteiger charge is 2.33. The van der Waals surface area contributed by atoms with Gasteiger partial charge in [-0.05, 0) is 22.0 Å². The Balaban J connectivity index is 2.18. The van der Waals surface area contributed by atoms with Crippen molar-refractivity contribution in [3.63, 3.8) is 0 Å². The SMILES string of the molecule is CNC(=O)C1COCCN1C(=O)c1csc(Br)c1. The molecule has 0 saturated carbocycles. The molecule has 18 heavy (non-hydrogen) atoms. The quantitative estimate of drug-likeness (QED) is 0.882. The number of nitrogens with zero attached hydrogens (tertiary/aromatic N) is 1. The van der Waals surface area contributed by atoms with Crippen LogP contribution in [0.3, 0.4) is 0 Å². The maximum absolute atomic E-state index is 12.3. The summed E-state index contributed by atoms with van der Waals surface area (Å²) in [6.45, 7) is 1.14. The highest BCUT2D eigenvalue weighted by atomic mass is 79.9. The lowest BCUT2D eigenvalue weighted by atomic mass is 10.1. The Kier molecular flexibility index (Phi) is 4.36. The maximum Gasteiger partial charge on any atom is 0.255 e. The molecule has 1 fully saturated rings. The molecule has 1 aromatic rings. The standard InChI is InChI=1S/C11H13BrN2O3S/c1-13-10(15)8-5-17-3-2-14(8)11(16)7-4-9(12)18-6-7/h4,6,8H,2-3,5H2,1H3,(H,13,15). The smallest absolute Gasteiger partial charge is 0.255 e. The fraction of sp³-hybridized carbons (Fsp3) is 0.455. The van der Waals surface area contributed by atoms with Crippen LogP contribution in [0, 0.1) is 0 Å². The van der Waals surface area contributed by atoms with E-state index in [-0.39, 0.29) is 18.4 Å². The lowest BCUT2D eigenvalue weighted by Crippen LogP contribution is -2.55. The summed E-state index contributed by atoms with van der Waals surface area (Å²) in [5, 5.41) is 4.34. The summed E-state index contributed by atoms with van der Waals surface area (Å²) >= 11 is 4.78. The van der Waals surface area contributed by atoms with Crippen molar-refractivity contribution in [2.45, 2.75) is 6.04 Å². The zero-order chi connectivity index (χ0) is 13.1. The summed E-state index contributed by atoms with van der Waals surface area (Å²) in [5.74, 6) is -0.328. The predicted molar refractivity (Wildman–Crippen MR) is 71.7 cm³/mol. The van der Waals surface area contributed by atoms with E-state index in [1.54, 1.807) is 23.4 Å². The lowest BCUT2D eigenvalue weighted by molar-refractivity contribution is -0.130. The van der Waals surface area contributed by atoms with Crippen LogP contribution in [0.2, 0.25) is 0 Å². The Morgan fingerprint density at radius 2 is 2.39 bits per heavy atom. The minimum absolute atomic E-state index is 0.131. The molecule has 1 unspecified atom stereocenters. The number of rotatable bonds is 2. The van der Waals surface area contributed by atoms with Gasteiger partial charge in [-0.2, -0.15) is 0 Å². The Bertz CT molecular complexity index is 463. The Morgan fingerprint density at radius 3 is 3.00 bits per heavy atom. The van der Waals surface area contributed by atoms with Gasteiger partial charge in [-0.1, -0.05) is 0 Å². The first-order chi connectivity index (χ1) is 8.63. The summed E-state index contributed by atoms with van der Waals surface area (Å²) in [6.07, 6.45) is 0. The molecule has 5 nitrogen and oxygen atoms in total. The summed E-state index contributed by atoms with van der Waals surface area (Å²) in [4.78, 5) is 25.6. The van der Waals surface area contributed by atoms with Gasteiger partial charge in [-0.15, -0.1) is 11.3 Å². The monoisotopic (exact) mass is 332 g/mol. The number of carbonyl (C=O) groups excluding carboxylic acids is 2. The van der Waals surface area contributed by atoms with E-state index in [0.29, 0.717) is 18.7 Å². The van der Waals surface area contributed by atoms with Gasteiger partial charge in [-0.3, -0.25) is 9.59 Å². The Hall–Kier alpha value is -0.920. The second-order valence-electron chi connectivity index (χ2n) is 3.84. The van der Waals surface area contributed by atoms with Gasteiger partial charge >= 0.3 is 0 Å². The van der Waals surface area contributed by atoms with Gasteiger partial charge in [-0.25, -0.2) is 0 Å². The number of thiophene rings is 1. The van der Waals surface area contributed by atoms with Crippen LogP contribution >= 0.6 is 27.3 Å². The van der Waals surface area contributed by atoms with Crippen LogP contribution < -0.4 is 5.32 Å². The van der Waals surface area contributed by atoms with E-state index < -0.39 is 6.04 Å². The minimum atomic E-state index is -0.546. The zero-order valence-corrected chi connectivity index (χ0v) is 12.2. The lowest BCUT2D eigenvalue weighted by Gasteiger charge is -2.34. The molecule has 0 aromatic carbocycles. The molecule has 2 rings (SSSR count). The van der Waals surface area contributed by atoms with E-state index in [1.807, 2.05) is 0 Å². The number of hydrogen-bond donors (Lipinski definition) is 1. The summed E-state index contributed by atoms with van der Waals surface area (Å²) in [6, 6.07) is 1.22. The molecule has 98 valence electrons. The van der Waals surface area contributed by atoms with Crippen molar-refractivity contribution in [3.8, 4) is 0 Å². The molecule has 2 heterocycles.